The fraction of sp³-hybridized carbons (Fsp3) is 0.375. The number of methoxy groups -OCH3 is 1. The SMILES string of the molecule is COCCn1ccc2ccc(NC(=O)N(C)CCC(=O)O)cc21. The van der Waals surface area contributed by atoms with E-state index in [1.54, 1.807) is 14.2 Å². The second-order valence-electron chi connectivity index (χ2n) is 5.27. The number of hydrogen-bond acceptors (Lipinski definition) is 3. The Labute approximate surface area is 134 Å². The molecular weight excluding hydrogens is 298 g/mol. The Balaban J connectivity index is 2.07. The van der Waals surface area contributed by atoms with Gasteiger partial charge in [0.05, 0.1) is 18.5 Å². The molecule has 0 atom stereocenters. The predicted molar refractivity (Wildman–Crippen MR) is 87.7 cm³/mol. The predicted octanol–water partition coefficient (Wildman–Crippen LogP) is 2.23. The van der Waals surface area contributed by atoms with Gasteiger partial charge in [0.15, 0.2) is 0 Å². The number of aromatic nitrogens is 1. The first-order valence-corrected chi connectivity index (χ1v) is 7.33. The van der Waals surface area contributed by atoms with E-state index in [9.17, 15) is 9.59 Å². The van der Waals surface area contributed by atoms with Gasteiger partial charge in [-0.25, -0.2) is 4.79 Å². The van der Waals surface area contributed by atoms with Crippen LogP contribution in [0.4, 0.5) is 10.5 Å². The summed E-state index contributed by atoms with van der Waals surface area (Å²) in [6, 6.07) is 7.33. The van der Waals surface area contributed by atoms with Crippen LogP contribution < -0.4 is 5.32 Å². The summed E-state index contributed by atoms with van der Waals surface area (Å²) in [7, 11) is 3.22. The number of amides is 2. The van der Waals surface area contributed by atoms with Crippen molar-refractivity contribution in [3.8, 4) is 0 Å². The molecule has 0 aliphatic rings. The van der Waals surface area contributed by atoms with Crippen molar-refractivity contribution in [2.75, 3.05) is 32.6 Å². The van der Waals surface area contributed by atoms with Crippen LogP contribution in [0.15, 0.2) is 30.5 Å². The Bertz CT molecular complexity index is 696. The summed E-state index contributed by atoms with van der Waals surface area (Å²) in [6.07, 6.45) is 1.90. The molecule has 0 aliphatic carbocycles. The van der Waals surface area contributed by atoms with E-state index in [1.165, 1.54) is 4.90 Å². The molecule has 124 valence electrons. The molecule has 1 aromatic carbocycles. The normalized spacial score (nSPS) is 10.7. The van der Waals surface area contributed by atoms with Gasteiger partial charge in [-0.05, 0) is 23.6 Å². The number of benzene rings is 1. The first-order valence-electron chi connectivity index (χ1n) is 7.33. The lowest BCUT2D eigenvalue weighted by atomic mass is 10.2. The van der Waals surface area contributed by atoms with Gasteiger partial charge >= 0.3 is 12.0 Å². The minimum Gasteiger partial charge on any atom is -0.481 e. The van der Waals surface area contributed by atoms with E-state index in [0.29, 0.717) is 12.3 Å². The first-order chi connectivity index (χ1) is 11.0. The fourth-order valence-electron chi connectivity index (χ4n) is 2.23. The zero-order valence-corrected chi connectivity index (χ0v) is 13.3. The minimum atomic E-state index is -0.929. The van der Waals surface area contributed by atoms with Crippen LogP contribution in [0.25, 0.3) is 10.9 Å². The van der Waals surface area contributed by atoms with Gasteiger partial charge in [-0.1, -0.05) is 6.07 Å². The van der Waals surface area contributed by atoms with Crippen LogP contribution in [-0.2, 0) is 16.1 Å². The molecule has 2 aromatic rings. The highest BCUT2D eigenvalue weighted by molar-refractivity contribution is 5.92. The first kappa shape index (κ1) is 16.8. The molecule has 0 saturated heterocycles. The Morgan fingerprint density at radius 2 is 2.13 bits per heavy atom. The average molecular weight is 319 g/mol. The molecule has 2 amide bonds. The summed E-state index contributed by atoms with van der Waals surface area (Å²) in [4.78, 5) is 24.0. The van der Waals surface area contributed by atoms with Crippen molar-refractivity contribution < 1.29 is 19.4 Å². The Morgan fingerprint density at radius 3 is 2.83 bits per heavy atom. The van der Waals surface area contributed by atoms with Crippen LogP contribution in [0.2, 0.25) is 0 Å². The molecule has 2 N–H and O–H groups in total. The molecule has 23 heavy (non-hydrogen) atoms. The quantitative estimate of drug-likeness (QED) is 0.819. The van der Waals surface area contributed by atoms with Crippen molar-refractivity contribution in [2.24, 2.45) is 0 Å². The van der Waals surface area contributed by atoms with Crippen molar-refractivity contribution in [3.63, 3.8) is 0 Å². The number of carboxylic acid groups (broad SMARTS) is 1. The molecule has 0 bridgehead atoms. The van der Waals surface area contributed by atoms with Crippen molar-refractivity contribution in [1.29, 1.82) is 0 Å². The van der Waals surface area contributed by atoms with Gasteiger partial charge in [0, 0.05) is 39.1 Å². The molecular formula is C16H21N3O4. The van der Waals surface area contributed by atoms with Gasteiger partial charge in [-0.2, -0.15) is 0 Å². The van der Waals surface area contributed by atoms with E-state index >= 15 is 0 Å². The van der Waals surface area contributed by atoms with Crippen LogP contribution in [0, 0.1) is 0 Å². The van der Waals surface area contributed by atoms with Crippen molar-refractivity contribution >= 4 is 28.6 Å². The number of aliphatic carboxylic acids is 1. The maximum Gasteiger partial charge on any atom is 0.321 e. The number of hydrogen-bond donors (Lipinski definition) is 2. The van der Waals surface area contributed by atoms with E-state index in [4.69, 9.17) is 9.84 Å². The molecule has 0 radical (unpaired) electrons. The molecule has 1 heterocycles. The van der Waals surface area contributed by atoms with Gasteiger partial charge < -0.3 is 24.6 Å². The highest BCUT2D eigenvalue weighted by atomic mass is 16.5. The molecule has 7 heteroatoms. The van der Waals surface area contributed by atoms with E-state index in [0.717, 1.165) is 17.4 Å². The molecule has 0 fully saturated rings. The highest BCUT2D eigenvalue weighted by Gasteiger charge is 2.11. The molecule has 2 rings (SSSR count). The molecule has 0 saturated carbocycles. The zero-order valence-electron chi connectivity index (χ0n) is 13.3. The molecule has 0 spiro atoms. The van der Waals surface area contributed by atoms with Gasteiger partial charge in [0.25, 0.3) is 0 Å². The Morgan fingerprint density at radius 1 is 1.35 bits per heavy atom. The number of urea groups is 1. The Kier molecular flexibility index (Phi) is 5.59. The summed E-state index contributed by atoms with van der Waals surface area (Å²) in [5, 5.41) is 12.5. The monoisotopic (exact) mass is 319 g/mol. The van der Waals surface area contributed by atoms with E-state index in [-0.39, 0.29) is 19.0 Å². The highest BCUT2D eigenvalue weighted by Crippen LogP contribution is 2.21. The lowest BCUT2D eigenvalue weighted by Crippen LogP contribution is -2.33. The minimum absolute atomic E-state index is 0.0805. The number of nitrogens with one attached hydrogen (secondary N) is 1. The van der Waals surface area contributed by atoms with Gasteiger partial charge in [-0.3, -0.25) is 4.79 Å². The number of carbonyl (C=O) groups excluding carboxylic acids is 1. The zero-order chi connectivity index (χ0) is 16.8. The third-order valence-corrected chi connectivity index (χ3v) is 3.57. The second kappa shape index (κ2) is 7.64. The van der Waals surface area contributed by atoms with E-state index in [1.807, 2.05) is 30.5 Å². The van der Waals surface area contributed by atoms with Crippen molar-refractivity contribution in [1.82, 2.24) is 9.47 Å². The summed E-state index contributed by atoms with van der Waals surface area (Å²) < 4.78 is 7.15. The van der Waals surface area contributed by atoms with Crippen LogP contribution in [0.5, 0.6) is 0 Å². The van der Waals surface area contributed by atoms with Crippen LogP contribution in [0.1, 0.15) is 6.42 Å². The Hall–Kier alpha value is -2.54. The van der Waals surface area contributed by atoms with Gasteiger partial charge in [-0.15, -0.1) is 0 Å². The van der Waals surface area contributed by atoms with Crippen LogP contribution in [0.3, 0.4) is 0 Å². The number of carboxylic acids is 1. The van der Waals surface area contributed by atoms with Crippen LogP contribution in [-0.4, -0.2) is 53.9 Å². The average Bonchev–Trinajstić information content (AvgIpc) is 2.92. The van der Waals surface area contributed by atoms with Crippen molar-refractivity contribution in [3.05, 3.63) is 30.5 Å². The topological polar surface area (TPSA) is 83.8 Å². The lowest BCUT2D eigenvalue weighted by molar-refractivity contribution is -0.137. The number of nitrogens with zero attached hydrogens (tertiary/aromatic N) is 2. The largest absolute Gasteiger partial charge is 0.481 e. The van der Waals surface area contributed by atoms with E-state index in [2.05, 4.69) is 9.88 Å². The fourth-order valence-corrected chi connectivity index (χ4v) is 2.23. The van der Waals surface area contributed by atoms with Gasteiger partial charge in [0.1, 0.15) is 0 Å². The van der Waals surface area contributed by atoms with Gasteiger partial charge in [0.2, 0.25) is 0 Å². The molecule has 1 aromatic heterocycles. The maximum atomic E-state index is 12.1. The molecule has 0 aliphatic heterocycles. The smallest absolute Gasteiger partial charge is 0.321 e. The molecule has 0 unspecified atom stereocenters. The number of carbonyl (C=O) groups is 2. The number of ether oxygens (including phenoxy) is 1. The third-order valence-electron chi connectivity index (χ3n) is 3.57. The number of rotatable bonds is 7. The van der Waals surface area contributed by atoms with Crippen molar-refractivity contribution in [2.45, 2.75) is 13.0 Å². The standard InChI is InChI=1S/C16H21N3O4/c1-18(7-6-15(20)21)16(22)17-13-4-3-12-5-8-19(9-10-23-2)14(12)11-13/h3-5,8,11H,6-7,9-10H2,1-2H3,(H,17,22)(H,20,21). The summed E-state index contributed by atoms with van der Waals surface area (Å²) in [6.45, 7) is 1.50. The number of anilines is 1. The summed E-state index contributed by atoms with van der Waals surface area (Å²) in [5.41, 5.74) is 1.68. The van der Waals surface area contributed by atoms with E-state index < -0.39 is 5.97 Å². The summed E-state index contributed by atoms with van der Waals surface area (Å²) in [5.74, 6) is -0.929. The number of fused-ring (bicyclic) bond motifs is 1. The molecule has 7 nitrogen and oxygen atoms in total. The third kappa shape index (κ3) is 4.46. The summed E-state index contributed by atoms with van der Waals surface area (Å²) >= 11 is 0. The second-order valence-corrected chi connectivity index (χ2v) is 5.27. The lowest BCUT2D eigenvalue weighted by Gasteiger charge is -2.17. The maximum absolute atomic E-state index is 12.1. The van der Waals surface area contributed by atoms with Crippen LogP contribution >= 0.6 is 0 Å².